The maximum atomic E-state index is 12.7. The van der Waals surface area contributed by atoms with E-state index in [2.05, 4.69) is 20.1 Å². The molecule has 0 N–H and O–H groups in total. The number of amides is 1. The third-order valence-electron chi connectivity index (χ3n) is 4.50. The molecule has 0 spiro atoms. The smallest absolute Gasteiger partial charge is 0.261 e. The highest BCUT2D eigenvalue weighted by Gasteiger charge is 2.34. The lowest BCUT2D eigenvalue weighted by Crippen LogP contribution is -2.34. The highest BCUT2D eigenvalue weighted by molar-refractivity contribution is 5.84. The number of aromatic nitrogens is 4. The molecule has 0 bridgehead atoms. The maximum Gasteiger partial charge on any atom is 0.261 e. The van der Waals surface area contributed by atoms with E-state index < -0.39 is 0 Å². The fourth-order valence-electron chi connectivity index (χ4n) is 3.18. The number of carbonyl (C=O) groups is 1. The van der Waals surface area contributed by atoms with Crippen molar-refractivity contribution in [2.45, 2.75) is 32.2 Å². The molecule has 1 aliphatic rings. The zero-order chi connectivity index (χ0) is 17.9. The van der Waals surface area contributed by atoms with Gasteiger partial charge in [0.05, 0.1) is 10.9 Å². The van der Waals surface area contributed by atoms with Crippen molar-refractivity contribution in [2.24, 2.45) is 0 Å². The Morgan fingerprint density at radius 2 is 2.23 bits per heavy atom. The minimum Gasteiger partial charge on any atom is -0.467 e. The summed E-state index contributed by atoms with van der Waals surface area (Å²) in [5.74, 6) is 1.44. The number of hydrogen-bond donors (Lipinski definition) is 0. The van der Waals surface area contributed by atoms with E-state index in [9.17, 15) is 4.79 Å². The molecule has 3 aromatic rings. The molecule has 134 valence electrons. The van der Waals surface area contributed by atoms with E-state index in [1.165, 1.54) is 6.33 Å². The number of nitrogens with zero attached hydrogens (tertiary/aromatic N) is 5. The van der Waals surface area contributed by atoms with E-state index in [0.717, 1.165) is 23.7 Å². The van der Waals surface area contributed by atoms with Crippen molar-refractivity contribution in [2.75, 3.05) is 13.2 Å². The average molecular weight is 353 g/mol. The highest BCUT2D eigenvalue weighted by Crippen LogP contribution is 2.31. The second-order valence-corrected chi connectivity index (χ2v) is 6.13. The summed E-state index contributed by atoms with van der Waals surface area (Å²) in [6.07, 6.45) is 3.85. The van der Waals surface area contributed by atoms with Crippen molar-refractivity contribution in [3.05, 3.63) is 42.3 Å². The molecule has 1 aliphatic heterocycles. The lowest BCUT2D eigenvalue weighted by molar-refractivity contribution is -0.134. The van der Waals surface area contributed by atoms with Crippen LogP contribution in [0.1, 0.15) is 37.5 Å². The van der Waals surface area contributed by atoms with Crippen molar-refractivity contribution in [1.82, 2.24) is 25.0 Å². The summed E-state index contributed by atoms with van der Waals surface area (Å²) in [6, 6.07) is 7.36. The predicted octanol–water partition coefficient (Wildman–Crippen LogP) is 2.32. The van der Waals surface area contributed by atoms with Crippen LogP contribution < -0.4 is 4.74 Å². The van der Waals surface area contributed by atoms with Gasteiger partial charge in [0.2, 0.25) is 11.8 Å². The van der Waals surface area contributed by atoms with Crippen molar-refractivity contribution in [1.29, 1.82) is 0 Å². The Hall–Kier alpha value is -3.03. The summed E-state index contributed by atoms with van der Waals surface area (Å²) >= 11 is 0. The first-order valence-corrected chi connectivity index (χ1v) is 8.70. The summed E-state index contributed by atoms with van der Waals surface area (Å²) in [5.41, 5.74) is 0.780. The summed E-state index contributed by atoms with van der Waals surface area (Å²) in [5, 5.41) is 4.71. The fourth-order valence-corrected chi connectivity index (χ4v) is 3.18. The van der Waals surface area contributed by atoms with Gasteiger partial charge in [0.25, 0.3) is 5.91 Å². The molecule has 3 heterocycles. The van der Waals surface area contributed by atoms with Gasteiger partial charge >= 0.3 is 0 Å². The van der Waals surface area contributed by atoms with Gasteiger partial charge in [-0.1, -0.05) is 24.2 Å². The van der Waals surface area contributed by atoms with Gasteiger partial charge in [0.1, 0.15) is 12.4 Å². The Kier molecular flexibility index (Phi) is 4.47. The molecule has 8 nitrogen and oxygen atoms in total. The van der Waals surface area contributed by atoms with Gasteiger partial charge in [-0.05, 0) is 25.0 Å². The van der Waals surface area contributed by atoms with E-state index >= 15 is 0 Å². The molecule has 1 amide bonds. The van der Waals surface area contributed by atoms with Crippen molar-refractivity contribution < 1.29 is 14.1 Å². The zero-order valence-electron chi connectivity index (χ0n) is 14.5. The number of fused-ring (bicyclic) bond motifs is 1. The Labute approximate surface area is 150 Å². The number of benzene rings is 1. The third kappa shape index (κ3) is 3.10. The molecule has 1 saturated heterocycles. The molecule has 2 aromatic heterocycles. The molecule has 0 aliphatic carbocycles. The minimum atomic E-state index is -0.180. The quantitative estimate of drug-likeness (QED) is 0.694. The lowest BCUT2D eigenvalue weighted by Gasteiger charge is -2.21. The van der Waals surface area contributed by atoms with Crippen LogP contribution in [0.4, 0.5) is 0 Å². The van der Waals surface area contributed by atoms with E-state index in [1.807, 2.05) is 31.2 Å². The largest absolute Gasteiger partial charge is 0.467 e. The van der Waals surface area contributed by atoms with Gasteiger partial charge in [-0.25, -0.2) is 9.97 Å². The molecule has 4 rings (SSSR count). The van der Waals surface area contributed by atoms with Crippen molar-refractivity contribution in [3.63, 3.8) is 0 Å². The van der Waals surface area contributed by atoms with Crippen molar-refractivity contribution >= 4 is 16.8 Å². The van der Waals surface area contributed by atoms with E-state index in [-0.39, 0.29) is 18.6 Å². The molecule has 26 heavy (non-hydrogen) atoms. The predicted molar refractivity (Wildman–Crippen MR) is 92.4 cm³/mol. The number of rotatable bonds is 5. The summed E-state index contributed by atoms with van der Waals surface area (Å²) < 4.78 is 11.0. The lowest BCUT2D eigenvalue weighted by atomic mass is 10.2. The van der Waals surface area contributed by atoms with Crippen LogP contribution in [0, 0.1) is 0 Å². The first-order valence-electron chi connectivity index (χ1n) is 8.70. The standard InChI is InChI=1S/C18H19N5O3/c1-2-15-21-18(26-22-15)14-8-5-9-23(14)16(24)10-25-17-12-6-3-4-7-13(12)19-11-20-17/h3-4,6-7,11,14H,2,5,8-10H2,1H3/t14-/m0/s1. The van der Waals surface area contributed by atoms with Crippen LogP contribution >= 0.6 is 0 Å². The third-order valence-corrected chi connectivity index (χ3v) is 4.50. The molecule has 0 unspecified atom stereocenters. The van der Waals surface area contributed by atoms with E-state index in [0.29, 0.717) is 30.6 Å². The highest BCUT2D eigenvalue weighted by atomic mass is 16.5. The topological polar surface area (TPSA) is 94.2 Å². The van der Waals surface area contributed by atoms with Crippen molar-refractivity contribution in [3.8, 4) is 5.88 Å². The number of carbonyl (C=O) groups excluding carboxylic acids is 1. The summed E-state index contributed by atoms with van der Waals surface area (Å²) in [6.45, 7) is 2.53. The molecular formula is C18H19N5O3. The molecular weight excluding hydrogens is 334 g/mol. The Bertz CT molecular complexity index is 921. The van der Waals surface area contributed by atoms with Gasteiger partial charge in [-0.2, -0.15) is 4.98 Å². The molecule has 1 atom stereocenters. The number of aryl methyl sites for hydroxylation is 1. The number of ether oxygens (including phenoxy) is 1. The van der Waals surface area contributed by atoms with Crippen LogP contribution in [0.5, 0.6) is 5.88 Å². The number of para-hydroxylation sites is 1. The minimum absolute atomic E-state index is 0.0910. The Balaban J connectivity index is 1.47. The molecule has 8 heteroatoms. The normalized spacial score (nSPS) is 17.0. The monoisotopic (exact) mass is 353 g/mol. The molecule has 1 aromatic carbocycles. The number of hydrogen-bond acceptors (Lipinski definition) is 7. The Morgan fingerprint density at radius 1 is 1.35 bits per heavy atom. The summed E-state index contributed by atoms with van der Waals surface area (Å²) in [7, 11) is 0. The average Bonchev–Trinajstić information content (AvgIpc) is 3.34. The van der Waals surface area contributed by atoms with Gasteiger partial charge in [0.15, 0.2) is 12.4 Å². The SMILES string of the molecule is CCc1noc([C@@H]2CCCN2C(=O)COc2ncnc3ccccc23)n1. The zero-order valence-corrected chi connectivity index (χ0v) is 14.5. The summed E-state index contributed by atoms with van der Waals surface area (Å²) in [4.78, 5) is 27.1. The van der Waals surface area contributed by atoms with Gasteiger partial charge in [-0.15, -0.1) is 0 Å². The first-order chi connectivity index (χ1) is 12.8. The van der Waals surface area contributed by atoms with E-state index in [4.69, 9.17) is 9.26 Å². The molecule has 1 fully saturated rings. The van der Waals surface area contributed by atoms with Crippen LogP contribution in [0.2, 0.25) is 0 Å². The second kappa shape index (κ2) is 7.07. The van der Waals surface area contributed by atoms with Gasteiger partial charge < -0.3 is 14.2 Å². The number of likely N-dealkylation sites (tertiary alicyclic amines) is 1. The van der Waals surface area contributed by atoms with Crippen LogP contribution in [0.3, 0.4) is 0 Å². The first kappa shape index (κ1) is 16.4. The molecule has 0 radical (unpaired) electrons. The van der Waals surface area contributed by atoms with Crippen LogP contribution in [-0.4, -0.2) is 44.1 Å². The fraction of sp³-hybridized carbons (Fsp3) is 0.389. The van der Waals surface area contributed by atoms with E-state index in [1.54, 1.807) is 4.90 Å². The Morgan fingerprint density at radius 3 is 3.08 bits per heavy atom. The van der Waals surface area contributed by atoms with Crippen LogP contribution in [-0.2, 0) is 11.2 Å². The van der Waals surface area contributed by atoms with Crippen LogP contribution in [0.15, 0.2) is 35.1 Å². The second-order valence-electron chi connectivity index (χ2n) is 6.13. The van der Waals surface area contributed by atoms with Gasteiger partial charge in [-0.3, -0.25) is 4.79 Å². The maximum absolute atomic E-state index is 12.7. The van der Waals surface area contributed by atoms with Gasteiger partial charge in [0, 0.05) is 13.0 Å². The molecule has 0 saturated carbocycles. The van der Waals surface area contributed by atoms with Crippen LogP contribution in [0.25, 0.3) is 10.9 Å².